The lowest BCUT2D eigenvalue weighted by atomic mass is 10.2. The Balaban J connectivity index is 1.62. The minimum absolute atomic E-state index is 0.142. The van der Waals surface area contributed by atoms with Crippen molar-refractivity contribution in [2.75, 3.05) is 18.5 Å². The largest absolute Gasteiger partial charge is 0.492 e. The molecule has 2 aromatic carbocycles. The summed E-state index contributed by atoms with van der Waals surface area (Å²) in [6.45, 7) is 1.93. The van der Waals surface area contributed by atoms with Crippen LogP contribution in [0.5, 0.6) is 5.75 Å². The molecule has 26 heavy (non-hydrogen) atoms. The normalized spacial score (nSPS) is 10.3. The number of aryl methyl sites for hydroxylation is 1. The second-order valence-electron chi connectivity index (χ2n) is 5.60. The summed E-state index contributed by atoms with van der Waals surface area (Å²) >= 11 is 11.8. The van der Waals surface area contributed by atoms with Gasteiger partial charge in [-0.3, -0.25) is 9.59 Å². The van der Waals surface area contributed by atoms with Crippen molar-refractivity contribution in [1.29, 1.82) is 0 Å². The van der Waals surface area contributed by atoms with Crippen LogP contribution in [-0.4, -0.2) is 25.1 Å². The Morgan fingerprint density at radius 2 is 1.81 bits per heavy atom. The van der Waals surface area contributed by atoms with Gasteiger partial charge in [-0.25, -0.2) is 0 Å². The highest BCUT2D eigenvalue weighted by Crippen LogP contribution is 2.27. The molecule has 0 unspecified atom stereocenters. The number of ether oxygens (including phenoxy) is 2. The maximum Gasteiger partial charge on any atom is 0.306 e. The molecular weight excluding hydrogens is 377 g/mol. The SMILES string of the molecule is Cc1ccc(NC(=O)COC(=O)CCCOc2ccc(Cl)cc2Cl)cc1. The van der Waals surface area contributed by atoms with Gasteiger partial charge in [0.25, 0.3) is 5.91 Å². The number of rotatable bonds is 8. The predicted molar refractivity (Wildman–Crippen MR) is 102 cm³/mol. The van der Waals surface area contributed by atoms with Gasteiger partial charge in [0, 0.05) is 17.1 Å². The maximum absolute atomic E-state index is 11.7. The molecule has 0 aromatic heterocycles. The average molecular weight is 396 g/mol. The standard InChI is InChI=1S/C19H19Cl2NO4/c1-13-4-7-15(8-5-13)22-18(23)12-26-19(24)3-2-10-25-17-9-6-14(20)11-16(17)21/h4-9,11H,2-3,10,12H2,1H3,(H,22,23). The van der Waals surface area contributed by atoms with Crippen LogP contribution in [0, 0.1) is 6.92 Å². The van der Waals surface area contributed by atoms with E-state index in [1.165, 1.54) is 0 Å². The van der Waals surface area contributed by atoms with Crippen LogP contribution in [0.1, 0.15) is 18.4 Å². The number of carbonyl (C=O) groups excluding carboxylic acids is 2. The quantitative estimate of drug-likeness (QED) is 0.522. The van der Waals surface area contributed by atoms with Gasteiger partial charge >= 0.3 is 5.97 Å². The molecule has 2 rings (SSSR count). The fraction of sp³-hybridized carbons (Fsp3) is 0.263. The van der Waals surface area contributed by atoms with Crippen LogP contribution < -0.4 is 10.1 Å². The molecule has 2 aromatic rings. The number of benzene rings is 2. The highest BCUT2D eigenvalue weighted by molar-refractivity contribution is 6.35. The van der Waals surface area contributed by atoms with Crippen LogP contribution in [0.15, 0.2) is 42.5 Å². The Morgan fingerprint density at radius 1 is 1.08 bits per heavy atom. The molecule has 0 fully saturated rings. The zero-order valence-corrected chi connectivity index (χ0v) is 15.8. The van der Waals surface area contributed by atoms with Crippen molar-refractivity contribution in [3.05, 3.63) is 58.1 Å². The van der Waals surface area contributed by atoms with Crippen LogP contribution in [0.25, 0.3) is 0 Å². The summed E-state index contributed by atoms with van der Waals surface area (Å²) in [5, 5.41) is 3.59. The van der Waals surface area contributed by atoms with Gasteiger partial charge in [0.1, 0.15) is 5.75 Å². The van der Waals surface area contributed by atoms with E-state index in [1.807, 2.05) is 19.1 Å². The van der Waals surface area contributed by atoms with Gasteiger partial charge in [-0.2, -0.15) is 0 Å². The summed E-state index contributed by atoms with van der Waals surface area (Å²) in [5.74, 6) is -0.344. The van der Waals surface area contributed by atoms with Gasteiger partial charge in [-0.05, 0) is 43.7 Å². The van der Waals surface area contributed by atoms with Gasteiger partial charge in [0.15, 0.2) is 6.61 Å². The van der Waals surface area contributed by atoms with E-state index in [-0.39, 0.29) is 18.9 Å². The Kier molecular flexibility index (Phi) is 7.75. The second kappa shape index (κ2) is 10.0. The Bertz CT molecular complexity index is 763. The van der Waals surface area contributed by atoms with Crippen LogP contribution in [-0.2, 0) is 14.3 Å². The lowest BCUT2D eigenvalue weighted by Crippen LogP contribution is -2.21. The number of hydrogen-bond acceptors (Lipinski definition) is 4. The predicted octanol–water partition coefficient (Wildman–Crippen LogP) is 4.64. The van der Waals surface area contributed by atoms with Crippen molar-refractivity contribution in [3.8, 4) is 5.75 Å². The Labute approximate surface area is 162 Å². The van der Waals surface area contributed by atoms with Crippen molar-refractivity contribution in [1.82, 2.24) is 0 Å². The molecule has 1 N–H and O–H groups in total. The first kappa shape index (κ1) is 20.1. The maximum atomic E-state index is 11.7. The first-order valence-corrected chi connectivity index (χ1v) is 8.79. The molecule has 0 bridgehead atoms. The Hall–Kier alpha value is -2.24. The zero-order chi connectivity index (χ0) is 18.9. The van der Waals surface area contributed by atoms with Crippen molar-refractivity contribution >= 4 is 40.8 Å². The van der Waals surface area contributed by atoms with Gasteiger partial charge in [-0.1, -0.05) is 40.9 Å². The van der Waals surface area contributed by atoms with Crippen molar-refractivity contribution in [3.63, 3.8) is 0 Å². The van der Waals surface area contributed by atoms with Crippen molar-refractivity contribution < 1.29 is 19.1 Å². The Morgan fingerprint density at radius 3 is 2.50 bits per heavy atom. The van der Waals surface area contributed by atoms with Gasteiger partial charge in [-0.15, -0.1) is 0 Å². The third-order valence-corrected chi connectivity index (χ3v) is 3.91. The molecule has 0 radical (unpaired) electrons. The molecular formula is C19H19Cl2NO4. The molecule has 0 aliphatic heterocycles. The summed E-state index contributed by atoms with van der Waals surface area (Å²) in [5.41, 5.74) is 1.75. The number of anilines is 1. The van der Waals surface area contributed by atoms with Gasteiger partial charge < -0.3 is 14.8 Å². The summed E-state index contributed by atoms with van der Waals surface area (Å²) in [4.78, 5) is 23.4. The third-order valence-electron chi connectivity index (χ3n) is 3.38. The van der Waals surface area contributed by atoms with E-state index >= 15 is 0 Å². The lowest BCUT2D eigenvalue weighted by Gasteiger charge is -2.09. The summed E-state index contributed by atoms with van der Waals surface area (Å²) in [6, 6.07) is 12.3. The molecule has 0 spiro atoms. The average Bonchev–Trinajstić information content (AvgIpc) is 2.60. The molecule has 0 atom stereocenters. The van der Waals surface area contributed by atoms with Gasteiger partial charge in [0.2, 0.25) is 0 Å². The monoisotopic (exact) mass is 395 g/mol. The molecule has 1 amide bonds. The molecule has 0 saturated carbocycles. The fourth-order valence-electron chi connectivity index (χ4n) is 2.04. The minimum Gasteiger partial charge on any atom is -0.492 e. The van der Waals surface area contributed by atoms with Crippen LogP contribution in [0.4, 0.5) is 5.69 Å². The van der Waals surface area contributed by atoms with E-state index in [9.17, 15) is 9.59 Å². The number of carbonyl (C=O) groups is 2. The molecule has 0 saturated heterocycles. The molecule has 5 nitrogen and oxygen atoms in total. The zero-order valence-electron chi connectivity index (χ0n) is 14.3. The van der Waals surface area contributed by atoms with E-state index in [4.69, 9.17) is 32.7 Å². The number of nitrogens with one attached hydrogen (secondary N) is 1. The number of amides is 1. The molecule has 0 aliphatic rings. The van der Waals surface area contributed by atoms with E-state index in [0.717, 1.165) is 5.56 Å². The number of hydrogen-bond donors (Lipinski definition) is 1. The first-order chi connectivity index (χ1) is 12.4. The summed E-state index contributed by atoms with van der Waals surface area (Å²) in [6.07, 6.45) is 0.584. The van der Waals surface area contributed by atoms with Crippen molar-refractivity contribution in [2.45, 2.75) is 19.8 Å². The smallest absolute Gasteiger partial charge is 0.306 e. The van der Waals surface area contributed by atoms with E-state index in [1.54, 1.807) is 30.3 Å². The first-order valence-electron chi connectivity index (χ1n) is 8.04. The van der Waals surface area contributed by atoms with E-state index in [0.29, 0.717) is 34.5 Å². The van der Waals surface area contributed by atoms with E-state index in [2.05, 4.69) is 5.32 Å². The minimum atomic E-state index is -0.463. The van der Waals surface area contributed by atoms with Crippen LogP contribution in [0.2, 0.25) is 10.0 Å². The molecule has 138 valence electrons. The van der Waals surface area contributed by atoms with E-state index < -0.39 is 5.97 Å². The second-order valence-corrected chi connectivity index (χ2v) is 6.45. The summed E-state index contributed by atoms with van der Waals surface area (Å²) < 4.78 is 10.4. The van der Waals surface area contributed by atoms with Crippen molar-refractivity contribution in [2.24, 2.45) is 0 Å². The van der Waals surface area contributed by atoms with Gasteiger partial charge in [0.05, 0.1) is 11.6 Å². The molecule has 7 heteroatoms. The third kappa shape index (κ3) is 6.94. The topological polar surface area (TPSA) is 64.6 Å². The number of halogens is 2. The number of esters is 1. The lowest BCUT2D eigenvalue weighted by molar-refractivity contribution is -0.147. The summed E-state index contributed by atoms with van der Waals surface area (Å²) in [7, 11) is 0. The highest BCUT2D eigenvalue weighted by atomic mass is 35.5. The fourth-order valence-corrected chi connectivity index (χ4v) is 2.51. The molecule has 0 aliphatic carbocycles. The van der Waals surface area contributed by atoms with Crippen LogP contribution in [0.3, 0.4) is 0 Å². The molecule has 0 heterocycles. The highest BCUT2D eigenvalue weighted by Gasteiger charge is 2.09. The van der Waals surface area contributed by atoms with Crippen LogP contribution >= 0.6 is 23.2 Å².